The first kappa shape index (κ1) is 12.7. The fourth-order valence-electron chi connectivity index (χ4n) is 1.58. The summed E-state index contributed by atoms with van der Waals surface area (Å²) < 4.78 is 13.0. The topological polar surface area (TPSA) is 15.3 Å². The molecule has 18 heavy (non-hydrogen) atoms. The van der Waals surface area contributed by atoms with Crippen LogP contribution >= 0.6 is 11.6 Å². The Morgan fingerprint density at radius 3 is 2.17 bits per heavy atom. The number of benzene rings is 2. The van der Waals surface area contributed by atoms with E-state index in [1.807, 2.05) is 43.3 Å². The van der Waals surface area contributed by atoms with Crippen LogP contribution in [-0.2, 0) is 0 Å². The lowest BCUT2D eigenvalue weighted by atomic mass is 10.2. The van der Waals surface area contributed by atoms with Gasteiger partial charge in [0, 0.05) is 31.2 Å². The fraction of sp³-hybridized carbons (Fsp3) is 0.143. The molecule has 0 fully saturated rings. The summed E-state index contributed by atoms with van der Waals surface area (Å²) in [4.78, 5) is 2.03. The van der Waals surface area contributed by atoms with Crippen molar-refractivity contribution >= 4 is 28.7 Å². The summed E-state index contributed by atoms with van der Waals surface area (Å²) in [7, 11) is 3.98. The highest BCUT2D eigenvalue weighted by Crippen LogP contribution is 2.23. The Morgan fingerprint density at radius 2 is 1.61 bits per heavy atom. The van der Waals surface area contributed by atoms with Crippen molar-refractivity contribution in [2.75, 3.05) is 24.3 Å². The first-order valence-electron chi connectivity index (χ1n) is 5.56. The number of nitrogens with zero attached hydrogens (tertiary/aromatic N) is 1. The SMILES string of the molecule is CN(C)c1ccc(Nc2ccc(F)c(Cl)c2)cc1. The molecule has 2 aromatic carbocycles. The van der Waals surface area contributed by atoms with Crippen molar-refractivity contribution in [2.24, 2.45) is 0 Å². The van der Waals surface area contributed by atoms with E-state index in [4.69, 9.17) is 11.6 Å². The molecule has 2 rings (SSSR count). The van der Waals surface area contributed by atoms with Crippen molar-refractivity contribution in [1.29, 1.82) is 0 Å². The first-order valence-corrected chi connectivity index (χ1v) is 5.93. The molecule has 2 aromatic rings. The molecule has 0 heterocycles. The van der Waals surface area contributed by atoms with Gasteiger partial charge in [0.25, 0.3) is 0 Å². The van der Waals surface area contributed by atoms with Gasteiger partial charge >= 0.3 is 0 Å². The van der Waals surface area contributed by atoms with Crippen LogP contribution in [0.1, 0.15) is 0 Å². The fourth-order valence-corrected chi connectivity index (χ4v) is 1.76. The Balaban J connectivity index is 2.15. The molecule has 0 bridgehead atoms. The molecule has 0 unspecified atom stereocenters. The van der Waals surface area contributed by atoms with Crippen molar-refractivity contribution in [3.8, 4) is 0 Å². The molecule has 0 saturated carbocycles. The normalized spacial score (nSPS) is 10.2. The van der Waals surface area contributed by atoms with Crippen LogP contribution in [0.3, 0.4) is 0 Å². The van der Waals surface area contributed by atoms with Crippen LogP contribution in [0.15, 0.2) is 42.5 Å². The predicted octanol–water partition coefficient (Wildman–Crippen LogP) is 4.29. The summed E-state index contributed by atoms with van der Waals surface area (Å²) in [6.07, 6.45) is 0. The second-order valence-corrected chi connectivity index (χ2v) is 4.60. The van der Waals surface area contributed by atoms with E-state index in [2.05, 4.69) is 5.32 Å². The minimum Gasteiger partial charge on any atom is -0.378 e. The summed E-state index contributed by atoms with van der Waals surface area (Å²) in [6.45, 7) is 0. The Bertz CT molecular complexity index is 538. The van der Waals surface area contributed by atoms with Crippen molar-refractivity contribution < 1.29 is 4.39 Å². The standard InChI is InChI=1S/C14H14ClFN2/c1-18(2)12-6-3-10(4-7-12)17-11-5-8-14(16)13(15)9-11/h3-9,17H,1-2H3. The molecular formula is C14H14ClFN2. The maximum Gasteiger partial charge on any atom is 0.141 e. The van der Waals surface area contributed by atoms with Crippen LogP contribution in [-0.4, -0.2) is 14.1 Å². The zero-order valence-corrected chi connectivity index (χ0v) is 11.0. The van der Waals surface area contributed by atoms with Crippen molar-refractivity contribution in [2.45, 2.75) is 0 Å². The van der Waals surface area contributed by atoms with E-state index < -0.39 is 5.82 Å². The van der Waals surface area contributed by atoms with Crippen LogP contribution in [0.25, 0.3) is 0 Å². The highest BCUT2D eigenvalue weighted by molar-refractivity contribution is 6.31. The molecule has 0 aliphatic heterocycles. The molecule has 4 heteroatoms. The molecule has 2 nitrogen and oxygen atoms in total. The largest absolute Gasteiger partial charge is 0.378 e. The zero-order chi connectivity index (χ0) is 13.1. The van der Waals surface area contributed by atoms with Gasteiger partial charge in [-0.15, -0.1) is 0 Å². The minimum atomic E-state index is -0.412. The van der Waals surface area contributed by atoms with E-state index >= 15 is 0 Å². The first-order chi connectivity index (χ1) is 8.56. The molecule has 0 saturated heterocycles. The van der Waals surface area contributed by atoms with E-state index in [1.54, 1.807) is 12.1 Å². The molecule has 0 radical (unpaired) electrons. The lowest BCUT2D eigenvalue weighted by molar-refractivity contribution is 0.628. The lowest BCUT2D eigenvalue weighted by Crippen LogP contribution is -2.08. The van der Waals surface area contributed by atoms with E-state index in [0.717, 1.165) is 17.1 Å². The molecule has 0 atom stereocenters. The summed E-state index contributed by atoms with van der Waals surface area (Å²) in [5.41, 5.74) is 2.82. The zero-order valence-electron chi connectivity index (χ0n) is 10.2. The van der Waals surface area contributed by atoms with Gasteiger partial charge in [-0.2, -0.15) is 0 Å². The second-order valence-electron chi connectivity index (χ2n) is 4.20. The van der Waals surface area contributed by atoms with Gasteiger partial charge in [-0.05, 0) is 42.5 Å². The van der Waals surface area contributed by atoms with Crippen LogP contribution in [0.4, 0.5) is 21.5 Å². The summed E-state index contributed by atoms with van der Waals surface area (Å²) >= 11 is 5.73. The van der Waals surface area contributed by atoms with Gasteiger partial charge in [0.1, 0.15) is 5.82 Å². The molecular weight excluding hydrogens is 251 g/mol. The van der Waals surface area contributed by atoms with Gasteiger partial charge in [-0.1, -0.05) is 11.6 Å². The number of hydrogen-bond donors (Lipinski definition) is 1. The molecule has 94 valence electrons. The van der Waals surface area contributed by atoms with Crippen molar-refractivity contribution in [3.63, 3.8) is 0 Å². The summed E-state index contributed by atoms with van der Waals surface area (Å²) in [6, 6.07) is 12.5. The third-order valence-corrected chi connectivity index (χ3v) is 2.88. The van der Waals surface area contributed by atoms with Gasteiger partial charge in [0.15, 0.2) is 0 Å². The smallest absolute Gasteiger partial charge is 0.141 e. The van der Waals surface area contributed by atoms with E-state index in [9.17, 15) is 4.39 Å². The monoisotopic (exact) mass is 264 g/mol. The molecule has 0 aliphatic rings. The minimum absolute atomic E-state index is 0.116. The van der Waals surface area contributed by atoms with E-state index in [0.29, 0.717) is 0 Å². The lowest BCUT2D eigenvalue weighted by Gasteiger charge is -2.13. The number of hydrogen-bond acceptors (Lipinski definition) is 2. The van der Waals surface area contributed by atoms with E-state index in [-0.39, 0.29) is 5.02 Å². The molecule has 1 N–H and O–H groups in total. The van der Waals surface area contributed by atoms with Gasteiger partial charge in [-0.3, -0.25) is 0 Å². The van der Waals surface area contributed by atoms with Gasteiger partial charge in [0.2, 0.25) is 0 Å². The molecule has 0 aromatic heterocycles. The average molecular weight is 265 g/mol. The van der Waals surface area contributed by atoms with Gasteiger partial charge in [0.05, 0.1) is 5.02 Å². The van der Waals surface area contributed by atoms with E-state index in [1.165, 1.54) is 6.07 Å². The predicted molar refractivity (Wildman–Crippen MR) is 75.5 cm³/mol. The summed E-state index contributed by atoms with van der Waals surface area (Å²) in [5.74, 6) is -0.412. The Kier molecular flexibility index (Phi) is 3.72. The van der Waals surface area contributed by atoms with Crippen molar-refractivity contribution in [3.05, 3.63) is 53.3 Å². The summed E-state index contributed by atoms with van der Waals surface area (Å²) in [5, 5.41) is 3.28. The quantitative estimate of drug-likeness (QED) is 0.890. The maximum atomic E-state index is 13.0. The van der Waals surface area contributed by atoms with Crippen LogP contribution < -0.4 is 10.2 Å². The van der Waals surface area contributed by atoms with Crippen LogP contribution in [0.2, 0.25) is 5.02 Å². The third-order valence-electron chi connectivity index (χ3n) is 2.59. The number of nitrogens with one attached hydrogen (secondary N) is 1. The molecule has 0 aliphatic carbocycles. The molecule has 0 spiro atoms. The van der Waals surface area contributed by atoms with Crippen LogP contribution in [0, 0.1) is 5.82 Å². The highest BCUT2D eigenvalue weighted by atomic mass is 35.5. The van der Waals surface area contributed by atoms with Gasteiger partial charge < -0.3 is 10.2 Å². The van der Waals surface area contributed by atoms with Crippen molar-refractivity contribution in [1.82, 2.24) is 0 Å². The number of anilines is 3. The highest BCUT2D eigenvalue weighted by Gasteiger charge is 2.01. The number of halogens is 2. The molecule has 0 amide bonds. The number of rotatable bonds is 3. The Hall–Kier alpha value is -1.74. The maximum absolute atomic E-state index is 13.0. The van der Waals surface area contributed by atoms with Crippen LogP contribution in [0.5, 0.6) is 0 Å². The average Bonchev–Trinajstić information content (AvgIpc) is 2.34. The Morgan fingerprint density at radius 1 is 1.00 bits per heavy atom. The second kappa shape index (κ2) is 5.27. The third kappa shape index (κ3) is 2.93. The van der Waals surface area contributed by atoms with Gasteiger partial charge in [-0.25, -0.2) is 4.39 Å². The Labute approximate surface area is 111 Å².